The van der Waals surface area contributed by atoms with Gasteiger partial charge in [-0.3, -0.25) is 0 Å². The summed E-state index contributed by atoms with van der Waals surface area (Å²) in [7, 11) is 0. The zero-order valence-electron chi connectivity index (χ0n) is 23.4. The third-order valence-corrected chi connectivity index (χ3v) is 8.82. The molecule has 0 radical (unpaired) electrons. The Morgan fingerprint density at radius 2 is 1.16 bits per heavy atom. The molecule has 0 unspecified atom stereocenters. The lowest BCUT2D eigenvalue weighted by Crippen LogP contribution is -1.93. The van der Waals surface area contributed by atoms with Gasteiger partial charge in [-0.15, -0.1) is 0 Å². The average Bonchev–Trinajstić information content (AvgIpc) is 3.43. The van der Waals surface area contributed by atoms with E-state index in [9.17, 15) is 0 Å². The maximum Gasteiger partial charge on any atom is 0.0547 e. The van der Waals surface area contributed by atoms with Gasteiger partial charge in [0.05, 0.1) is 11.0 Å². The molecule has 1 heterocycles. The summed E-state index contributed by atoms with van der Waals surface area (Å²) in [6.07, 6.45) is 0. The van der Waals surface area contributed by atoms with Gasteiger partial charge in [0, 0.05) is 21.8 Å². The second kappa shape index (κ2) is 9.35. The van der Waals surface area contributed by atoms with Crippen molar-refractivity contribution in [3.05, 3.63) is 164 Å². The normalized spacial score (nSPS) is 11.5. The Bertz CT molecular complexity index is 2480. The third-order valence-electron chi connectivity index (χ3n) is 8.82. The SMILES string of the molecule is c1ccc2c(-c3ccc4c(ccc5c4c4ccccc4n5-c4ccc(-c5ccccc5)cc4)c3)cc3ccccc3c2c#1. The summed E-state index contributed by atoms with van der Waals surface area (Å²) in [6.45, 7) is 0. The molecule has 0 spiro atoms. The fourth-order valence-corrected chi connectivity index (χ4v) is 6.83. The molecule has 0 amide bonds. The van der Waals surface area contributed by atoms with Crippen LogP contribution >= 0.6 is 0 Å². The van der Waals surface area contributed by atoms with Gasteiger partial charge < -0.3 is 4.57 Å². The van der Waals surface area contributed by atoms with E-state index >= 15 is 0 Å². The predicted octanol–water partition coefficient (Wildman–Crippen LogP) is 11.2. The van der Waals surface area contributed by atoms with Crippen LogP contribution in [0.3, 0.4) is 0 Å². The van der Waals surface area contributed by atoms with Crippen LogP contribution in [0.1, 0.15) is 0 Å². The Kier molecular flexibility index (Phi) is 5.18. The number of fused-ring (bicyclic) bond motifs is 8. The number of hydrogen-bond donors (Lipinski definition) is 0. The van der Waals surface area contributed by atoms with Crippen molar-refractivity contribution in [2.75, 3.05) is 0 Å². The number of hydrogen-bond acceptors (Lipinski definition) is 0. The van der Waals surface area contributed by atoms with Crippen molar-refractivity contribution in [3.63, 3.8) is 0 Å². The molecule has 8 aromatic carbocycles. The monoisotopic (exact) mass is 543 g/mol. The lowest BCUT2D eigenvalue weighted by molar-refractivity contribution is 1.18. The third kappa shape index (κ3) is 3.67. The van der Waals surface area contributed by atoms with Gasteiger partial charge in [-0.25, -0.2) is 0 Å². The Morgan fingerprint density at radius 1 is 0.442 bits per heavy atom. The van der Waals surface area contributed by atoms with E-state index in [-0.39, 0.29) is 0 Å². The van der Waals surface area contributed by atoms with Crippen molar-refractivity contribution in [2.24, 2.45) is 0 Å². The molecule has 1 nitrogen and oxygen atoms in total. The van der Waals surface area contributed by atoms with E-state index in [0.717, 1.165) is 11.1 Å². The summed E-state index contributed by atoms with van der Waals surface area (Å²) >= 11 is 0. The minimum atomic E-state index is 1.12. The van der Waals surface area contributed by atoms with Crippen LogP contribution in [0.5, 0.6) is 0 Å². The van der Waals surface area contributed by atoms with E-state index in [1.807, 2.05) is 6.07 Å². The molecule has 0 aliphatic carbocycles. The first-order chi connectivity index (χ1) is 21.3. The molecular formula is C42H25N. The van der Waals surface area contributed by atoms with Crippen LogP contribution in [-0.2, 0) is 0 Å². The lowest BCUT2D eigenvalue weighted by atomic mass is 9.92. The number of para-hydroxylation sites is 1. The molecule has 1 heteroatoms. The van der Waals surface area contributed by atoms with E-state index in [4.69, 9.17) is 0 Å². The summed E-state index contributed by atoms with van der Waals surface area (Å²) in [5, 5.41) is 9.81. The average molecular weight is 544 g/mol. The van der Waals surface area contributed by atoms with Crippen LogP contribution in [0.15, 0.2) is 152 Å². The summed E-state index contributed by atoms with van der Waals surface area (Å²) in [5.41, 5.74) is 8.49. The van der Waals surface area contributed by atoms with Gasteiger partial charge in [-0.05, 0) is 97.7 Å². The van der Waals surface area contributed by atoms with Gasteiger partial charge in [0.15, 0.2) is 0 Å². The minimum Gasteiger partial charge on any atom is -0.309 e. The number of benzene rings is 7. The van der Waals surface area contributed by atoms with Gasteiger partial charge in [0.25, 0.3) is 0 Å². The molecule has 0 saturated carbocycles. The van der Waals surface area contributed by atoms with Gasteiger partial charge in [0.1, 0.15) is 0 Å². The maximum atomic E-state index is 3.39. The minimum absolute atomic E-state index is 1.12. The van der Waals surface area contributed by atoms with Crippen LogP contribution < -0.4 is 0 Å². The zero-order chi connectivity index (χ0) is 28.3. The van der Waals surface area contributed by atoms with E-state index < -0.39 is 0 Å². The largest absolute Gasteiger partial charge is 0.309 e. The Hall–Kier alpha value is -5.84. The molecule has 0 N–H and O–H groups in total. The van der Waals surface area contributed by atoms with Crippen LogP contribution in [0.25, 0.3) is 82.1 Å². The van der Waals surface area contributed by atoms with Crippen LogP contribution in [0.4, 0.5) is 0 Å². The molecule has 0 atom stereocenters. The van der Waals surface area contributed by atoms with E-state index in [1.54, 1.807) is 0 Å². The maximum absolute atomic E-state index is 3.39. The highest BCUT2D eigenvalue weighted by Gasteiger charge is 2.16. The lowest BCUT2D eigenvalue weighted by Gasteiger charge is -2.12. The first kappa shape index (κ1) is 23.8. The van der Waals surface area contributed by atoms with Crippen molar-refractivity contribution in [1.29, 1.82) is 0 Å². The highest BCUT2D eigenvalue weighted by atomic mass is 15.0. The smallest absolute Gasteiger partial charge is 0.0547 e. The summed E-state index contributed by atoms with van der Waals surface area (Å²) < 4.78 is 2.40. The highest BCUT2D eigenvalue weighted by molar-refractivity contribution is 6.22. The molecule has 0 aliphatic rings. The van der Waals surface area contributed by atoms with Crippen molar-refractivity contribution in [2.45, 2.75) is 0 Å². The fraction of sp³-hybridized carbons (Fsp3) is 0. The van der Waals surface area contributed by atoms with Crippen molar-refractivity contribution < 1.29 is 0 Å². The first-order valence-corrected chi connectivity index (χ1v) is 14.7. The van der Waals surface area contributed by atoms with Crippen molar-refractivity contribution >= 4 is 54.1 Å². The van der Waals surface area contributed by atoms with Gasteiger partial charge in [-0.2, -0.15) is 0 Å². The number of aromatic nitrogens is 1. The zero-order valence-corrected chi connectivity index (χ0v) is 23.4. The first-order valence-electron chi connectivity index (χ1n) is 14.7. The van der Waals surface area contributed by atoms with Gasteiger partial charge >= 0.3 is 0 Å². The molecule has 1 aromatic heterocycles. The Morgan fingerprint density at radius 3 is 2.05 bits per heavy atom. The second-order valence-electron chi connectivity index (χ2n) is 11.2. The molecule has 0 bridgehead atoms. The molecule has 0 aliphatic heterocycles. The number of nitrogens with zero attached hydrogens (tertiary/aromatic N) is 1. The van der Waals surface area contributed by atoms with E-state index in [1.165, 1.54) is 71.0 Å². The van der Waals surface area contributed by atoms with E-state index in [0.29, 0.717) is 0 Å². The standard InChI is InChI=1S/C42H25N/c1-2-10-28(11-3-1)29-18-22-33(23-19-29)43-40-17-9-8-16-38(40)42-35-24-20-32(26-31(35)21-25-41(42)43)39-27-30-12-4-5-13-34(30)36-14-6-7-15-37(36)39/h1-5,7-13,15-27H. The molecule has 0 fully saturated rings. The Labute approximate surface area is 249 Å². The summed E-state index contributed by atoms with van der Waals surface area (Å²) in [6, 6.07) is 61.3. The summed E-state index contributed by atoms with van der Waals surface area (Å²) in [4.78, 5) is 0. The topological polar surface area (TPSA) is 4.93 Å². The quantitative estimate of drug-likeness (QED) is 0.209. The molecule has 9 aromatic rings. The Balaban J connectivity index is 1.25. The molecule has 43 heavy (non-hydrogen) atoms. The highest BCUT2D eigenvalue weighted by Crippen LogP contribution is 2.40. The van der Waals surface area contributed by atoms with Gasteiger partial charge in [-0.1, -0.05) is 115 Å². The molecule has 9 rings (SSSR count). The van der Waals surface area contributed by atoms with E-state index in [2.05, 4.69) is 162 Å². The summed E-state index contributed by atoms with van der Waals surface area (Å²) in [5.74, 6) is 0. The van der Waals surface area contributed by atoms with Crippen LogP contribution in [-0.4, -0.2) is 4.57 Å². The predicted molar refractivity (Wildman–Crippen MR) is 182 cm³/mol. The number of rotatable bonds is 3. The molecule has 0 saturated heterocycles. The fourth-order valence-electron chi connectivity index (χ4n) is 6.83. The molecule has 198 valence electrons. The van der Waals surface area contributed by atoms with Crippen molar-refractivity contribution in [3.8, 4) is 27.9 Å². The van der Waals surface area contributed by atoms with Crippen molar-refractivity contribution in [1.82, 2.24) is 4.57 Å². The van der Waals surface area contributed by atoms with Gasteiger partial charge in [0.2, 0.25) is 0 Å². The van der Waals surface area contributed by atoms with Crippen LogP contribution in [0, 0.1) is 12.1 Å². The molecular weight excluding hydrogens is 518 g/mol. The van der Waals surface area contributed by atoms with Crippen LogP contribution in [0.2, 0.25) is 0 Å². The second-order valence-corrected chi connectivity index (χ2v) is 11.2.